The minimum atomic E-state index is -0.0918. The Labute approximate surface area is 164 Å². The molecule has 7 heteroatoms. The number of rotatable bonds is 6. The number of carbonyl (C=O) groups excluding carboxylic acids is 1. The van der Waals surface area contributed by atoms with Gasteiger partial charge in [0.15, 0.2) is 5.96 Å². The van der Waals surface area contributed by atoms with E-state index in [2.05, 4.69) is 15.6 Å². The van der Waals surface area contributed by atoms with Gasteiger partial charge in [0.25, 0.3) is 5.91 Å². The highest BCUT2D eigenvalue weighted by molar-refractivity contribution is 14.0. The number of halogens is 1. The second-order valence-corrected chi connectivity index (χ2v) is 5.12. The first-order valence-electron chi connectivity index (χ1n) is 7.70. The molecule has 6 nitrogen and oxygen atoms in total. The van der Waals surface area contributed by atoms with Gasteiger partial charge in [-0.25, -0.2) is 4.99 Å². The van der Waals surface area contributed by atoms with Gasteiger partial charge in [-0.3, -0.25) is 4.79 Å². The average Bonchev–Trinajstić information content (AvgIpc) is 2.60. The predicted molar refractivity (Wildman–Crippen MR) is 112 cm³/mol. The number of carbonyl (C=O) groups is 1. The van der Waals surface area contributed by atoms with Crippen molar-refractivity contribution < 1.29 is 9.53 Å². The van der Waals surface area contributed by atoms with Gasteiger partial charge in [-0.2, -0.15) is 0 Å². The molecule has 0 saturated carbocycles. The lowest BCUT2D eigenvalue weighted by Crippen LogP contribution is -2.23. The number of methoxy groups -OCH3 is 1. The fourth-order valence-corrected chi connectivity index (χ4v) is 2.14. The molecule has 0 spiro atoms. The summed E-state index contributed by atoms with van der Waals surface area (Å²) >= 11 is 0. The monoisotopic (exact) mass is 454 g/mol. The van der Waals surface area contributed by atoms with E-state index in [0.29, 0.717) is 24.6 Å². The summed E-state index contributed by atoms with van der Waals surface area (Å²) in [5.41, 5.74) is 8.23. The third-order valence-corrected chi connectivity index (χ3v) is 3.30. The van der Waals surface area contributed by atoms with Crippen LogP contribution in [0, 0.1) is 0 Å². The van der Waals surface area contributed by atoms with Gasteiger partial charge in [0.05, 0.1) is 13.7 Å². The maximum absolute atomic E-state index is 11.8. The van der Waals surface area contributed by atoms with Gasteiger partial charge in [-0.1, -0.05) is 18.2 Å². The van der Waals surface area contributed by atoms with Crippen molar-refractivity contribution in [3.8, 4) is 5.75 Å². The van der Waals surface area contributed by atoms with E-state index < -0.39 is 0 Å². The SMILES string of the molecule is CCNC(=O)c1cccc(CN=C(N)Nc2cccc(OC)c2)c1.I. The Kier molecular flexibility index (Phi) is 8.76. The number of hydrogen-bond acceptors (Lipinski definition) is 3. The molecule has 0 aromatic heterocycles. The highest BCUT2D eigenvalue weighted by Crippen LogP contribution is 2.16. The fourth-order valence-electron chi connectivity index (χ4n) is 2.14. The van der Waals surface area contributed by atoms with E-state index in [-0.39, 0.29) is 29.9 Å². The molecule has 2 aromatic rings. The normalized spacial score (nSPS) is 10.6. The molecule has 0 fully saturated rings. The van der Waals surface area contributed by atoms with Crippen LogP contribution in [0.15, 0.2) is 53.5 Å². The summed E-state index contributed by atoms with van der Waals surface area (Å²) in [5, 5.41) is 5.79. The first-order chi connectivity index (χ1) is 11.6. The highest BCUT2D eigenvalue weighted by atomic mass is 127. The Morgan fingerprint density at radius 2 is 1.96 bits per heavy atom. The molecule has 4 N–H and O–H groups in total. The van der Waals surface area contributed by atoms with Crippen LogP contribution in [0.25, 0.3) is 0 Å². The summed E-state index contributed by atoms with van der Waals surface area (Å²) in [7, 11) is 1.61. The van der Waals surface area contributed by atoms with Crippen LogP contribution >= 0.6 is 24.0 Å². The van der Waals surface area contributed by atoms with Crippen LogP contribution in [-0.4, -0.2) is 25.5 Å². The lowest BCUT2D eigenvalue weighted by molar-refractivity contribution is 0.0955. The van der Waals surface area contributed by atoms with E-state index in [0.717, 1.165) is 17.0 Å². The second-order valence-electron chi connectivity index (χ2n) is 5.12. The number of anilines is 1. The van der Waals surface area contributed by atoms with Crippen molar-refractivity contribution in [2.45, 2.75) is 13.5 Å². The molecule has 0 saturated heterocycles. The summed E-state index contributed by atoms with van der Waals surface area (Å²) in [6.07, 6.45) is 0. The van der Waals surface area contributed by atoms with Crippen LogP contribution in [0.5, 0.6) is 5.75 Å². The van der Waals surface area contributed by atoms with Gasteiger partial charge >= 0.3 is 0 Å². The van der Waals surface area contributed by atoms with E-state index in [4.69, 9.17) is 10.5 Å². The van der Waals surface area contributed by atoms with Gasteiger partial charge in [0, 0.05) is 23.9 Å². The van der Waals surface area contributed by atoms with Crippen molar-refractivity contribution in [3.05, 3.63) is 59.7 Å². The maximum Gasteiger partial charge on any atom is 0.251 e. The van der Waals surface area contributed by atoms with Gasteiger partial charge in [0.2, 0.25) is 0 Å². The van der Waals surface area contributed by atoms with E-state index in [1.165, 1.54) is 0 Å². The zero-order valence-corrected chi connectivity index (χ0v) is 16.6. The molecule has 0 heterocycles. The van der Waals surface area contributed by atoms with Crippen LogP contribution in [0.2, 0.25) is 0 Å². The van der Waals surface area contributed by atoms with Crippen molar-refractivity contribution in [3.63, 3.8) is 0 Å². The Hall–Kier alpha value is -2.29. The summed E-state index contributed by atoms with van der Waals surface area (Å²) in [6.45, 7) is 2.87. The number of nitrogens with two attached hydrogens (primary N) is 1. The van der Waals surface area contributed by atoms with E-state index in [1.54, 1.807) is 13.2 Å². The first-order valence-corrected chi connectivity index (χ1v) is 7.70. The standard InChI is InChI=1S/C18H22N4O2.HI/c1-3-20-17(23)14-7-4-6-13(10-14)12-21-18(19)22-15-8-5-9-16(11-15)24-2;/h4-11H,3,12H2,1-2H3,(H,20,23)(H3,19,21,22);1H. The van der Waals surface area contributed by atoms with Crippen molar-refractivity contribution in [1.29, 1.82) is 0 Å². The van der Waals surface area contributed by atoms with Crippen molar-refractivity contribution in [2.75, 3.05) is 19.0 Å². The molecule has 1 amide bonds. The molecule has 134 valence electrons. The van der Waals surface area contributed by atoms with E-state index in [9.17, 15) is 4.79 Å². The van der Waals surface area contributed by atoms with E-state index in [1.807, 2.05) is 49.4 Å². The summed E-state index contributed by atoms with van der Waals surface area (Å²) in [5.74, 6) is 0.944. The average molecular weight is 454 g/mol. The number of nitrogens with zero attached hydrogens (tertiary/aromatic N) is 1. The molecule has 0 aliphatic rings. The lowest BCUT2D eigenvalue weighted by atomic mass is 10.1. The third-order valence-electron chi connectivity index (χ3n) is 3.30. The van der Waals surface area contributed by atoms with Crippen LogP contribution < -0.4 is 21.1 Å². The van der Waals surface area contributed by atoms with Gasteiger partial charge in [-0.05, 0) is 36.8 Å². The van der Waals surface area contributed by atoms with Crippen LogP contribution in [0.4, 0.5) is 5.69 Å². The maximum atomic E-state index is 11.8. The van der Waals surface area contributed by atoms with Crippen LogP contribution in [0.3, 0.4) is 0 Å². The largest absolute Gasteiger partial charge is 0.497 e. The smallest absolute Gasteiger partial charge is 0.251 e. The molecule has 0 aliphatic carbocycles. The van der Waals surface area contributed by atoms with Gasteiger partial charge in [0.1, 0.15) is 5.75 Å². The number of amides is 1. The van der Waals surface area contributed by atoms with Crippen LogP contribution in [0.1, 0.15) is 22.8 Å². The van der Waals surface area contributed by atoms with Crippen molar-refractivity contribution in [2.24, 2.45) is 10.7 Å². The molecule has 0 bridgehead atoms. The third kappa shape index (κ3) is 6.61. The van der Waals surface area contributed by atoms with Crippen molar-refractivity contribution in [1.82, 2.24) is 5.32 Å². The number of aliphatic imine (C=N–C) groups is 1. The van der Waals surface area contributed by atoms with Gasteiger partial charge in [-0.15, -0.1) is 24.0 Å². The fraction of sp³-hybridized carbons (Fsp3) is 0.222. The predicted octanol–water partition coefficient (Wildman–Crippen LogP) is 2.99. The molecule has 2 rings (SSSR count). The zero-order valence-electron chi connectivity index (χ0n) is 14.3. The molecule has 0 aliphatic heterocycles. The molecule has 0 atom stereocenters. The van der Waals surface area contributed by atoms with Crippen LogP contribution in [-0.2, 0) is 6.54 Å². The highest BCUT2D eigenvalue weighted by Gasteiger charge is 2.04. The van der Waals surface area contributed by atoms with Crippen molar-refractivity contribution >= 4 is 41.5 Å². The number of guanidine groups is 1. The molecule has 2 aromatic carbocycles. The zero-order chi connectivity index (χ0) is 17.4. The van der Waals surface area contributed by atoms with Gasteiger partial charge < -0.3 is 21.1 Å². The lowest BCUT2D eigenvalue weighted by Gasteiger charge is -2.08. The number of ether oxygens (including phenoxy) is 1. The molecular weight excluding hydrogens is 431 g/mol. The number of benzene rings is 2. The Bertz CT molecular complexity index is 735. The Morgan fingerprint density at radius 1 is 1.20 bits per heavy atom. The Morgan fingerprint density at radius 3 is 2.68 bits per heavy atom. The quantitative estimate of drug-likeness (QED) is 0.356. The Balaban J connectivity index is 0.00000312. The molecule has 25 heavy (non-hydrogen) atoms. The minimum absolute atomic E-state index is 0. The minimum Gasteiger partial charge on any atom is -0.497 e. The molecule has 0 radical (unpaired) electrons. The summed E-state index contributed by atoms with van der Waals surface area (Å²) in [6, 6.07) is 14.8. The number of nitrogens with one attached hydrogen (secondary N) is 2. The van der Waals surface area contributed by atoms with E-state index >= 15 is 0 Å². The topological polar surface area (TPSA) is 88.7 Å². The second kappa shape index (κ2) is 10.5. The first kappa shape index (κ1) is 20.8. The summed E-state index contributed by atoms with van der Waals surface area (Å²) in [4.78, 5) is 16.1. The summed E-state index contributed by atoms with van der Waals surface area (Å²) < 4.78 is 5.16. The number of hydrogen-bond donors (Lipinski definition) is 3. The molecule has 0 unspecified atom stereocenters. The molecular formula is C18H23IN4O2.